The van der Waals surface area contributed by atoms with Gasteiger partial charge < -0.3 is 10.3 Å². The lowest BCUT2D eigenvalue weighted by Gasteiger charge is -2.06. The number of H-pyrrole nitrogens is 1. The van der Waals surface area contributed by atoms with Gasteiger partial charge in [0.05, 0.1) is 29.2 Å². The number of fused-ring (bicyclic) bond motifs is 2. The van der Waals surface area contributed by atoms with Gasteiger partial charge in [0, 0.05) is 6.54 Å². The van der Waals surface area contributed by atoms with Gasteiger partial charge in [-0.05, 0) is 42.3 Å². The minimum Gasteiger partial charge on any atom is -0.352 e. The number of hydrogen-bond acceptors (Lipinski definition) is 5. The lowest BCUT2D eigenvalue weighted by atomic mass is 10.1. The van der Waals surface area contributed by atoms with Gasteiger partial charge in [-0.3, -0.25) is 4.79 Å². The van der Waals surface area contributed by atoms with Crippen LogP contribution in [-0.2, 0) is 17.8 Å². The van der Waals surface area contributed by atoms with E-state index in [1.54, 1.807) is 0 Å². The second-order valence-corrected chi connectivity index (χ2v) is 6.24. The summed E-state index contributed by atoms with van der Waals surface area (Å²) in [4.78, 5) is 19.7. The molecule has 0 aliphatic carbocycles. The first-order valence-electron chi connectivity index (χ1n) is 7.60. The SMILES string of the molecule is Cc1nc2ccc(CC(=O)NCc3ccc4nsnc4c3)cc2[nH]1. The van der Waals surface area contributed by atoms with Gasteiger partial charge in [-0.25, -0.2) is 4.98 Å². The van der Waals surface area contributed by atoms with Gasteiger partial charge in [0.15, 0.2) is 0 Å². The van der Waals surface area contributed by atoms with Crippen LogP contribution in [-0.4, -0.2) is 24.6 Å². The van der Waals surface area contributed by atoms with Crippen LogP contribution in [0.2, 0.25) is 0 Å². The molecule has 7 heteroatoms. The van der Waals surface area contributed by atoms with Crippen molar-refractivity contribution in [2.75, 3.05) is 0 Å². The molecule has 0 fully saturated rings. The van der Waals surface area contributed by atoms with Gasteiger partial charge in [-0.1, -0.05) is 12.1 Å². The molecule has 4 aromatic rings. The van der Waals surface area contributed by atoms with Gasteiger partial charge in [0.2, 0.25) is 5.91 Å². The average Bonchev–Trinajstić information content (AvgIpc) is 3.17. The molecule has 2 aromatic carbocycles. The van der Waals surface area contributed by atoms with Gasteiger partial charge in [-0.15, -0.1) is 0 Å². The zero-order valence-electron chi connectivity index (χ0n) is 13.0. The minimum atomic E-state index is -0.0120. The summed E-state index contributed by atoms with van der Waals surface area (Å²) in [5, 5.41) is 2.95. The number of amides is 1. The summed E-state index contributed by atoms with van der Waals surface area (Å²) in [6.07, 6.45) is 0.342. The van der Waals surface area contributed by atoms with E-state index >= 15 is 0 Å². The lowest BCUT2D eigenvalue weighted by Crippen LogP contribution is -2.24. The van der Waals surface area contributed by atoms with Crippen LogP contribution < -0.4 is 5.32 Å². The largest absolute Gasteiger partial charge is 0.352 e. The van der Waals surface area contributed by atoms with Crippen molar-refractivity contribution in [2.45, 2.75) is 19.9 Å². The first kappa shape index (κ1) is 14.8. The molecule has 0 aliphatic rings. The zero-order valence-corrected chi connectivity index (χ0v) is 13.9. The van der Waals surface area contributed by atoms with E-state index in [1.807, 2.05) is 43.3 Å². The Morgan fingerprint density at radius 1 is 1.08 bits per heavy atom. The standard InChI is InChI=1S/C17H15N5OS/c1-10-19-13-4-2-11(6-15(13)20-10)8-17(23)18-9-12-3-5-14-16(7-12)22-24-21-14/h2-7H,8-9H2,1H3,(H,18,23)(H,19,20). The van der Waals surface area contributed by atoms with E-state index in [9.17, 15) is 4.79 Å². The molecule has 120 valence electrons. The van der Waals surface area contributed by atoms with Gasteiger partial charge in [-0.2, -0.15) is 8.75 Å². The first-order valence-corrected chi connectivity index (χ1v) is 8.33. The predicted octanol–water partition coefficient (Wildman–Crippen LogP) is 2.73. The quantitative estimate of drug-likeness (QED) is 0.600. The van der Waals surface area contributed by atoms with Crippen LogP contribution in [0.3, 0.4) is 0 Å². The number of aryl methyl sites for hydroxylation is 1. The van der Waals surface area contributed by atoms with Crippen LogP contribution >= 0.6 is 11.7 Å². The first-order chi connectivity index (χ1) is 11.7. The highest BCUT2D eigenvalue weighted by Gasteiger charge is 2.07. The van der Waals surface area contributed by atoms with Crippen molar-refractivity contribution in [1.82, 2.24) is 24.0 Å². The molecule has 0 bridgehead atoms. The van der Waals surface area contributed by atoms with Crippen LogP contribution in [0.5, 0.6) is 0 Å². The summed E-state index contributed by atoms with van der Waals surface area (Å²) in [7, 11) is 0. The molecule has 1 amide bonds. The molecular formula is C17H15N5OS. The Hall–Kier alpha value is -2.80. The fourth-order valence-corrected chi connectivity index (χ4v) is 3.20. The molecule has 2 heterocycles. The summed E-state index contributed by atoms with van der Waals surface area (Å²) < 4.78 is 8.39. The summed E-state index contributed by atoms with van der Waals surface area (Å²) in [6, 6.07) is 11.7. The highest BCUT2D eigenvalue weighted by Crippen LogP contribution is 2.15. The molecule has 24 heavy (non-hydrogen) atoms. The Kier molecular flexibility index (Phi) is 3.70. The van der Waals surface area contributed by atoms with Crippen LogP contribution in [0.4, 0.5) is 0 Å². The molecule has 0 atom stereocenters. The Morgan fingerprint density at radius 2 is 1.88 bits per heavy atom. The highest BCUT2D eigenvalue weighted by molar-refractivity contribution is 7.00. The smallest absolute Gasteiger partial charge is 0.224 e. The molecule has 0 radical (unpaired) electrons. The summed E-state index contributed by atoms with van der Waals surface area (Å²) >= 11 is 1.19. The summed E-state index contributed by atoms with van der Waals surface area (Å²) in [5.41, 5.74) is 5.61. The van der Waals surface area contributed by atoms with Crippen LogP contribution in [0.25, 0.3) is 22.1 Å². The zero-order chi connectivity index (χ0) is 16.5. The third kappa shape index (κ3) is 2.98. The van der Waals surface area contributed by atoms with Crippen molar-refractivity contribution >= 4 is 39.7 Å². The molecule has 0 saturated heterocycles. The van der Waals surface area contributed by atoms with Gasteiger partial charge >= 0.3 is 0 Å². The number of aromatic nitrogens is 4. The monoisotopic (exact) mass is 337 g/mol. The highest BCUT2D eigenvalue weighted by atomic mass is 32.1. The van der Waals surface area contributed by atoms with Crippen molar-refractivity contribution in [2.24, 2.45) is 0 Å². The number of aromatic amines is 1. The van der Waals surface area contributed by atoms with E-state index in [1.165, 1.54) is 11.7 Å². The maximum Gasteiger partial charge on any atom is 0.224 e. The fraction of sp³-hybridized carbons (Fsp3) is 0.176. The van der Waals surface area contributed by atoms with E-state index in [0.29, 0.717) is 13.0 Å². The number of hydrogen-bond donors (Lipinski definition) is 2. The maximum absolute atomic E-state index is 12.2. The average molecular weight is 337 g/mol. The summed E-state index contributed by atoms with van der Waals surface area (Å²) in [6.45, 7) is 2.40. The molecule has 4 rings (SSSR count). The second kappa shape index (κ2) is 6.01. The van der Waals surface area contributed by atoms with Crippen LogP contribution in [0, 0.1) is 6.92 Å². The van der Waals surface area contributed by atoms with E-state index < -0.39 is 0 Å². The van der Waals surface area contributed by atoms with E-state index in [4.69, 9.17) is 0 Å². The van der Waals surface area contributed by atoms with Gasteiger partial charge in [0.25, 0.3) is 0 Å². The third-order valence-corrected chi connectivity index (χ3v) is 4.39. The number of carbonyl (C=O) groups is 1. The maximum atomic E-state index is 12.2. The Bertz CT molecular complexity index is 1040. The second-order valence-electron chi connectivity index (χ2n) is 5.71. The third-order valence-electron chi connectivity index (χ3n) is 3.84. The number of nitrogens with one attached hydrogen (secondary N) is 2. The van der Waals surface area contributed by atoms with Crippen molar-refractivity contribution in [3.8, 4) is 0 Å². The van der Waals surface area contributed by atoms with Crippen LogP contribution in [0.1, 0.15) is 17.0 Å². The van der Waals surface area contributed by atoms with Crippen molar-refractivity contribution in [3.05, 3.63) is 53.3 Å². The summed E-state index contributed by atoms with van der Waals surface area (Å²) in [5.74, 6) is 0.862. The molecule has 0 unspecified atom stereocenters. The van der Waals surface area contributed by atoms with Crippen LogP contribution in [0.15, 0.2) is 36.4 Å². The minimum absolute atomic E-state index is 0.0120. The molecule has 0 saturated carbocycles. The number of imidazole rings is 1. The normalized spacial score (nSPS) is 11.2. The Morgan fingerprint density at radius 3 is 2.79 bits per heavy atom. The predicted molar refractivity (Wildman–Crippen MR) is 93.8 cm³/mol. The molecular weight excluding hydrogens is 322 g/mol. The van der Waals surface area contributed by atoms with E-state index in [-0.39, 0.29) is 5.91 Å². The number of benzene rings is 2. The topological polar surface area (TPSA) is 83.6 Å². The molecule has 6 nitrogen and oxygen atoms in total. The van der Waals surface area contributed by atoms with E-state index in [2.05, 4.69) is 24.0 Å². The lowest BCUT2D eigenvalue weighted by molar-refractivity contribution is -0.120. The molecule has 2 N–H and O–H groups in total. The molecule has 0 aliphatic heterocycles. The number of carbonyl (C=O) groups excluding carboxylic acids is 1. The molecule has 0 spiro atoms. The van der Waals surface area contributed by atoms with E-state index in [0.717, 1.165) is 39.0 Å². The van der Waals surface area contributed by atoms with Gasteiger partial charge in [0.1, 0.15) is 16.9 Å². The fourth-order valence-electron chi connectivity index (χ4n) is 2.68. The number of nitrogens with zero attached hydrogens (tertiary/aromatic N) is 3. The Balaban J connectivity index is 1.41. The van der Waals surface area contributed by atoms with Crippen molar-refractivity contribution in [3.63, 3.8) is 0 Å². The number of rotatable bonds is 4. The van der Waals surface area contributed by atoms with Crippen molar-refractivity contribution < 1.29 is 4.79 Å². The Labute approximate surface area is 142 Å². The molecule has 2 aromatic heterocycles. The van der Waals surface area contributed by atoms with Crippen molar-refractivity contribution in [1.29, 1.82) is 0 Å².